The van der Waals surface area contributed by atoms with E-state index in [1.807, 2.05) is 25.1 Å². The molecule has 1 saturated heterocycles. The standard InChI is InChI=1S/C23H25N5O3/c1-2-22-21(15-25-27(22)19-8-10-20(11-9-19)28(30)31)23(29)24-14-17-12-13-26(16-17)18-6-4-3-5-7-18/h3-11,15,17H,2,12-14,16H2,1H3,(H,24,29)/t17-/m1/s1. The molecule has 0 radical (unpaired) electrons. The van der Waals surface area contributed by atoms with Crippen molar-refractivity contribution in [3.8, 4) is 5.69 Å². The molecule has 31 heavy (non-hydrogen) atoms. The molecule has 1 atom stereocenters. The van der Waals surface area contributed by atoms with E-state index >= 15 is 0 Å². The highest BCUT2D eigenvalue weighted by Gasteiger charge is 2.24. The molecular formula is C23H25N5O3. The number of carbonyl (C=O) groups is 1. The maximum Gasteiger partial charge on any atom is 0.269 e. The van der Waals surface area contributed by atoms with Crippen LogP contribution in [-0.2, 0) is 6.42 Å². The Morgan fingerprint density at radius 3 is 2.58 bits per heavy atom. The van der Waals surface area contributed by atoms with Crippen LogP contribution < -0.4 is 10.2 Å². The third-order valence-corrected chi connectivity index (χ3v) is 5.71. The van der Waals surface area contributed by atoms with Gasteiger partial charge >= 0.3 is 0 Å². The summed E-state index contributed by atoms with van der Waals surface area (Å²) in [6, 6.07) is 16.5. The van der Waals surface area contributed by atoms with Gasteiger partial charge in [0, 0.05) is 37.5 Å². The molecule has 4 rings (SSSR count). The van der Waals surface area contributed by atoms with Crippen LogP contribution in [0.4, 0.5) is 11.4 Å². The minimum atomic E-state index is -0.436. The smallest absolute Gasteiger partial charge is 0.269 e. The summed E-state index contributed by atoms with van der Waals surface area (Å²) in [7, 11) is 0. The number of nitro benzene ring substituents is 1. The zero-order valence-corrected chi connectivity index (χ0v) is 17.4. The molecule has 8 heteroatoms. The Morgan fingerprint density at radius 1 is 1.16 bits per heavy atom. The van der Waals surface area contributed by atoms with Crippen molar-refractivity contribution in [1.82, 2.24) is 15.1 Å². The number of nitrogens with one attached hydrogen (secondary N) is 1. The molecule has 3 aromatic rings. The Morgan fingerprint density at radius 2 is 1.90 bits per heavy atom. The number of nitrogens with zero attached hydrogens (tertiary/aromatic N) is 4. The van der Waals surface area contributed by atoms with Crippen molar-refractivity contribution in [2.45, 2.75) is 19.8 Å². The minimum Gasteiger partial charge on any atom is -0.371 e. The van der Waals surface area contributed by atoms with E-state index < -0.39 is 4.92 Å². The van der Waals surface area contributed by atoms with Gasteiger partial charge in [0.15, 0.2) is 0 Å². The fourth-order valence-corrected chi connectivity index (χ4v) is 4.05. The number of carbonyl (C=O) groups excluding carboxylic acids is 1. The summed E-state index contributed by atoms with van der Waals surface area (Å²) in [5.41, 5.74) is 3.25. The molecular weight excluding hydrogens is 394 g/mol. The van der Waals surface area contributed by atoms with Gasteiger partial charge in [-0.1, -0.05) is 25.1 Å². The fourth-order valence-electron chi connectivity index (χ4n) is 4.05. The van der Waals surface area contributed by atoms with Gasteiger partial charge in [-0.2, -0.15) is 5.10 Å². The van der Waals surface area contributed by atoms with Crippen LogP contribution in [0.25, 0.3) is 5.69 Å². The molecule has 0 unspecified atom stereocenters. The molecule has 2 aromatic carbocycles. The average Bonchev–Trinajstić information content (AvgIpc) is 3.45. The summed E-state index contributed by atoms with van der Waals surface area (Å²) in [6.07, 6.45) is 3.23. The Balaban J connectivity index is 1.40. The van der Waals surface area contributed by atoms with Gasteiger partial charge in [-0.25, -0.2) is 4.68 Å². The maximum atomic E-state index is 12.9. The molecule has 0 aliphatic carbocycles. The van der Waals surface area contributed by atoms with E-state index in [0.717, 1.165) is 25.2 Å². The molecule has 1 aliphatic heterocycles. The number of anilines is 1. The Hall–Kier alpha value is -3.68. The van der Waals surface area contributed by atoms with E-state index in [1.165, 1.54) is 17.8 Å². The second-order valence-electron chi connectivity index (χ2n) is 7.69. The Bertz CT molecular complexity index is 1060. The average molecular weight is 419 g/mol. The van der Waals surface area contributed by atoms with E-state index in [4.69, 9.17) is 0 Å². The van der Waals surface area contributed by atoms with Gasteiger partial charge in [0.2, 0.25) is 0 Å². The number of hydrogen-bond acceptors (Lipinski definition) is 5. The number of aromatic nitrogens is 2. The van der Waals surface area contributed by atoms with E-state index in [9.17, 15) is 14.9 Å². The first kappa shape index (κ1) is 20.6. The molecule has 8 nitrogen and oxygen atoms in total. The first-order valence-electron chi connectivity index (χ1n) is 10.5. The molecule has 1 N–H and O–H groups in total. The van der Waals surface area contributed by atoms with Gasteiger partial charge in [0.1, 0.15) is 0 Å². The molecule has 0 bridgehead atoms. The molecule has 160 valence electrons. The van der Waals surface area contributed by atoms with Crippen molar-refractivity contribution in [3.05, 3.63) is 82.2 Å². The topological polar surface area (TPSA) is 93.3 Å². The number of non-ortho nitro benzene ring substituents is 1. The second-order valence-corrected chi connectivity index (χ2v) is 7.69. The number of benzene rings is 2. The van der Waals surface area contributed by atoms with Crippen LogP contribution in [0, 0.1) is 16.0 Å². The van der Waals surface area contributed by atoms with Gasteiger partial charge in [-0.15, -0.1) is 0 Å². The summed E-state index contributed by atoms with van der Waals surface area (Å²) < 4.78 is 1.67. The summed E-state index contributed by atoms with van der Waals surface area (Å²) in [5.74, 6) is 0.266. The zero-order chi connectivity index (χ0) is 21.8. The van der Waals surface area contributed by atoms with Crippen molar-refractivity contribution in [1.29, 1.82) is 0 Å². The number of nitro groups is 1. The third kappa shape index (κ3) is 4.42. The summed E-state index contributed by atoms with van der Waals surface area (Å²) in [6.45, 7) is 4.49. The highest BCUT2D eigenvalue weighted by molar-refractivity contribution is 5.95. The molecule has 1 aliphatic rings. The normalized spacial score (nSPS) is 15.8. The maximum absolute atomic E-state index is 12.9. The molecule has 1 aromatic heterocycles. The fraction of sp³-hybridized carbons (Fsp3) is 0.304. The van der Waals surface area contributed by atoms with E-state index in [2.05, 4.69) is 27.4 Å². The van der Waals surface area contributed by atoms with Crippen LogP contribution in [0.3, 0.4) is 0 Å². The molecule has 0 spiro atoms. The monoisotopic (exact) mass is 419 g/mol. The van der Waals surface area contributed by atoms with Crippen LogP contribution >= 0.6 is 0 Å². The number of rotatable bonds is 7. The Labute approximate surface area is 180 Å². The Kier molecular flexibility index (Phi) is 5.97. The molecule has 1 amide bonds. The van der Waals surface area contributed by atoms with Crippen LogP contribution in [0.15, 0.2) is 60.8 Å². The predicted octanol–water partition coefficient (Wildman–Crippen LogP) is 3.60. The van der Waals surface area contributed by atoms with Crippen LogP contribution in [-0.4, -0.2) is 40.2 Å². The first-order valence-corrected chi connectivity index (χ1v) is 10.5. The summed E-state index contributed by atoms with van der Waals surface area (Å²) in [4.78, 5) is 25.6. The van der Waals surface area contributed by atoms with Gasteiger partial charge in [-0.3, -0.25) is 14.9 Å². The second kappa shape index (κ2) is 8.99. The number of hydrogen-bond donors (Lipinski definition) is 1. The van der Waals surface area contributed by atoms with Crippen molar-refractivity contribution in [2.75, 3.05) is 24.5 Å². The zero-order valence-electron chi connectivity index (χ0n) is 17.4. The van der Waals surface area contributed by atoms with Crippen molar-refractivity contribution >= 4 is 17.3 Å². The SMILES string of the molecule is CCc1c(C(=O)NC[C@H]2CCN(c3ccccc3)C2)cnn1-c1ccc([N+](=O)[O-])cc1. The highest BCUT2D eigenvalue weighted by Crippen LogP contribution is 2.23. The lowest BCUT2D eigenvalue weighted by molar-refractivity contribution is -0.384. The lowest BCUT2D eigenvalue weighted by Gasteiger charge is -2.18. The van der Waals surface area contributed by atoms with Crippen LogP contribution in [0.1, 0.15) is 29.4 Å². The van der Waals surface area contributed by atoms with E-state index in [-0.39, 0.29) is 11.6 Å². The number of amides is 1. The lowest BCUT2D eigenvalue weighted by atomic mass is 10.1. The molecule has 1 fully saturated rings. The first-order chi connectivity index (χ1) is 15.1. The van der Waals surface area contributed by atoms with E-state index in [1.54, 1.807) is 23.0 Å². The van der Waals surface area contributed by atoms with Gasteiger partial charge in [0.25, 0.3) is 11.6 Å². The van der Waals surface area contributed by atoms with Crippen LogP contribution in [0.5, 0.6) is 0 Å². The van der Waals surface area contributed by atoms with Gasteiger partial charge in [-0.05, 0) is 43.0 Å². The molecule has 0 saturated carbocycles. The summed E-state index contributed by atoms with van der Waals surface area (Å²) >= 11 is 0. The highest BCUT2D eigenvalue weighted by atomic mass is 16.6. The van der Waals surface area contributed by atoms with Gasteiger partial charge in [0.05, 0.1) is 28.1 Å². The minimum absolute atomic E-state index is 0.0213. The van der Waals surface area contributed by atoms with Gasteiger partial charge < -0.3 is 10.2 Å². The largest absolute Gasteiger partial charge is 0.371 e. The van der Waals surface area contributed by atoms with Crippen molar-refractivity contribution < 1.29 is 9.72 Å². The summed E-state index contributed by atoms with van der Waals surface area (Å²) in [5, 5.41) is 18.3. The van der Waals surface area contributed by atoms with E-state index in [0.29, 0.717) is 30.1 Å². The quantitative estimate of drug-likeness (QED) is 0.467. The number of para-hydroxylation sites is 1. The van der Waals surface area contributed by atoms with Crippen molar-refractivity contribution in [3.63, 3.8) is 0 Å². The third-order valence-electron chi connectivity index (χ3n) is 5.71. The van der Waals surface area contributed by atoms with Crippen molar-refractivity contribution in [2.24, 2.45) is 5.92 Å². The predicted molar refractivity (Wildman–Crippen MR) is 119 cm³/mol. The lowest BCUT2D eigenvalue weighted by Crippen LogP contribution is -2.31. The van der Waals surface area contributed by atoms with Crippen LogP contribution in [0.2, 0.25) is 0 Å². The molecule has 2 heterocycles.